The van der Waals surface area contributed by atoms with Crippen LogP contribution in [0, 0.1) is 11.3 Å². The standard InChI is InChI=1S/C20H17F3N4/c21-20(22,23)16-4-1-13(2-5-16)11-27-8-7-15(12-27)19-25-17-6-3-14(10-24)9-18(17)26-19/h1-6,9,15H,7-8,11-12H2,(H,25,26). The number of benzene rings is 2. The van der Waals surface area contributed by atoms with Gasteiger partial charge in [-0.25, -0.2) is 4.98 Å². The largest absolute Gasteiger partial charge is 0.416 e. The molecule has 7 heteroatoms. The molecule has 4 nitrogen and oxygen atoms in total. The van der Waals surface area contributed by atoms with Gasteiger partial charge in [0.2, 0.25) is 0 Å². The van der Waals surface area contributed by atoms with Gasteiger partial charge in [-0.3, -0.25) is 4.90 Å². The third-order valence-electron chi connectivity index (χ3n) is 4.98. The van der Waals surface area contributed by atoms with Crippen molar-refractivity contribution in [1.82, 2.24) is 14.9 Å². The van der Waals surface area contributed by atoms with Crippen LogP contribution >= 0.6 is 0 Å². The highest BCUT2D eigenvalue weighted by Crippen LogP contribution is 2.31. The van der Waals surface area contributed by atoms with Gasteiger partial charge in [-0.05, 0) is 48.9 Å². The summed E-state index contributed by atoms with van der Waals surface area (Å²) >= 11 is 0. The zero-order valence-corrected chi connectivity index (χ0v) is 14.4. The minimum atomic E-state index is -4.30. The highest BCUT2D eigenvalue weighted by molar-refractivity contribution is 5.76. The molecule has 0 aliphatic carbocycles. The maximum atomic E-state index is 12.7. The van der Waals surface area contributed by atoms with Gasteiger partial charge in [0.15, 0.2) is 0 Å². The molecule has 0 bridgehead atoms. The SMILES string of the molecule is N#Cc1ccc2nc(C3CCN(Cc4ccc(C(F)(F)F)cc4)C3)[nH]c2c1. The zero-order chi connectivity index (χ0) is 19.0. The maximum Gasteiger partial charge on any atom is 0.416 e. The quantitative estimate of drug-likeness (QED) is 0.741. The third kappa shape index (κ3) is 3.67. The Morgan fingerprint density at radius 2 is 1.96 bits per heavy atom. The summed E-state index contributed by atoms with van der Waals surface area (Å²) in [6.45, 7) is 2.28. The third-order valence-corrected chi connectivity index (χ3v) is 4.98. The molecule has 2 aromatic carbocycles. The number of aromatic amines is 1. The second-order valence-corrected chi connectivity index (χ2v) is 6.88. The van der Waals surface area contributed by atoms with E-state index in [1.54, 1.807) is 24.3 Å². The van der Waals surface area contributed by atoms with Crippen molar-refractivity contribution in [1.29, 1.82) is 5.26 Å². The number of rotatable bonds is 3. The average molecular weight is 370 g/mol. The van der Waals surface area contributed by atoms with Crippen molar-refractivity contribution in [2.75, 3.05) is 13.1 Å². The fourth-order valence-electron chi connectivity index (χ4n) is 3.55. The monoisotopic (exact) mass is 370 g/mol. The molecule has 1 saturated heterocycles. The van der Waals surface area contributed by atoms with Crippen molar-refractivity contribution in [3.8, 4) is 6.07 Å². The fourth-order valence-corrected chi connectivity index (χ4v) is 3.55. The van der Waals surface area contributed by atoms with Crippen LogP contribution in [0.5, 0.6) is 0 Å². The Balaban J connectivity index is 1.43. The van der Waals surface area contributed by atoms with Gasteiger partial charge in [0.05, 0.1) is 28.2 Å². The number of aromatic nitrogens is 2. The van der Waals surface area contributed by atoms with E-state index >= 15 is 0 Å². The summed E-state index contributed by atoms with van der Waals surface area (Å²) in [4.78, 5) is 10.2. The normalized spacial score (nSPS) is 18.1. The van der Waals surface area contributed by atoms with E-state index in [1.807, 2.05) is 6.07 Å². The summed E-state index contributed by atoms with van der Waals surface area (Å²) in [5.74, 6) is 1.15. The molecular weight excluding hydrogens is 353 g/mol. The summed E-state index contributed by atoms with van der Waals surface area (Å²) in [5, 5.41) is 9.00. The van der Waals surface area contributed by atoms with E-state index in [4.69, 9.17) is 5.26 Å². The van der Waals surface area contributed by atoms with Gasteiger partial charge in [-0.15, -0.1) is 0 Å². The van der Waals surface area contributed by atoms with Crippen LogP contribution in [-0.4, -0.2) is 28.0 Å². The van der Waals surface area contributed by atoms with Crippen LogP contribution in [-0.2, 0) is 12.7 Å². The molecular formula is C20H17F3N4. The first-order chi connectivity index (χ1) is 12.9. The molecule has 1 aromatic heterocycles. The van der Waals surface area contributed by atoms with Crippen molar-refractivity contribution in [2.24, 2.45) is 0 Å². The maximum absolute atomic E-state index is 12.7. The van der Waals surface area contributed by atoms with E-state index in [1.165, 1.54) is 0 Å². The lowest BCUT2D eigenvalue weighted by atomic mass is 10.1. The number of nitrogens with one attached hydrogen (secondary N) is 1. The number of H-pyrrole nitrogens is 1. The summed E-state index contributed by atoms with van der Waals surface area (Å²) in [7, 11) is 0. The Hall–Kier alpha value is -2.85. The number of nitriles is 1. The van der Waals surface area contributed by atoms with E-state index in [0.717, 1.165) is 54.1 Å². The number of hydrogen-bond acceptors (Lipinski definition) is 3. The average Bonchev–Trinajstić information content (AvgIpc) is 3.27. The molecule has 4 rings (SSSR count). The molecule has 3 aromatic rings. The number of imidazole rings is 1. The van der Waals surface area contributed by atoms with Gasteiger partial charge in [0, 0.05) is 19.0 Å². The molecule has 1 unspecified atom stereocenters. The summed E-state index contributed by atoms with van der Waals surface area (Å²) in [5.41, 5.74) is 2.53. The second kappa shape index (κ2) is 6.71. The number of likely N-dealkylation sites (tertiary alicyclic amines) is 1. The first kappa shape index (κ1) is 17.6. The van der Waals surface area contributed by atoms with E-state index in [-0.39, 0.29) is 5.92 Å². The van der Waals surface area contributed by atoms with E-state index in [2.05, 4.69) is 20.9 Å². The van der Waals surface area contributed by atoms with Crippen molar-refractivity contribution < 1.29 is 13.2 Å². The number of hydrogen-bond donors (Lipinski definition) is 1. The van der Waals surface area contributed by atoms with Crippen molar-refractivity contribution >= 4 is 11.0 Å². The van der Waals surface area contributed by atoms with Crippen LogP contribution in [0.2, 0.25) is 0 Å². The Bertz CT molecular complexity index is 999. The summed E-state index contributed by atoms with van der Waals surface area (Å²) < 4.78 is 38.0. The lowest BCUT2D eigenvalue weighted by Crippen LogP contribution is -2.20. The predicted molar refractivity (Wildman–Crippen MR) is 94.9 cm³/mol. The minimum Gasteiger partial charge on any atom is -0.342 e. The Kier molecular flexibility index (Phi) is 4.36. The highest BCUT2D eigenvalue weighted by atomic mass is 19.4. The first-order valence-corrected chi connectivity index (χ1v) is 8.70. The van der Waals surface area contributed by atoms with Crippen LogP contribution in [0.25, 0.3) is 11.0 Å². The molecule has 27 heavy (non-hydrogen) atoms. The number of alkyl halides is 3. The molecule has 0 spiro atoms. The molecule has 1 aliphatic heterocycles. The molecule has 0 radical (unpaired) electrons. The van der Waals surface area contributed by atoms with Gasteiger partial charge < -0.3 is 4.98 Å². The van der Waals surface area contributed by atoms with Crippen LogP contribution in [0.4, 0.5) is 13.2 Å². The fraction of sp³-hybridized carbons (Fsp3) is 0.300. The van der Waals surface area contributed by atoms with Crippen molar-refractivity contribution in [3.05, 3.63) is 65.0 Å². The number of fused-ring (bicyclic) bond motifs is 1. The smallest absolute Gasteiger partial charge is 0.342 e. The molecule has 0 amide bonds. The highest BCUT2D eigenvalue weighted by Gasteiger charge is 2.30. The lowest BCUT2D eigenvalue weighted by Gasteiger charge is -2.16. The van der Waals surface area contributed by atoms with Gasteiger partial charge in [-0.1, -0.05) is 12.1 Å². The van der Waals surface area contributed by atoms with Gasteiger partial charge in [0.25, 0.3) is 0 Å². The molecule has 1 atom stereocenters. The number of halogens is 3. The van der Waals surface area contributed by atoms with Gasteiger partial charge in [0.1, 0.15) is 5.82 Å². The minimum absolute atomic E-state index is 0.248. The van der Waals surface area contributed by atoms with E-state index in [0.29, 0.717) is 12.1 Å². The number of nitrogens with zero attached hydrogens (tertiary/aromatic N) is 3. The second-order valence-electron chi connectivity index (χ2n) is 6.88. The summed E-state index contributed by atoms with van der Waals surface area (Å²) in [6.07, 6.45) is -3.37. The first-order valence-electron chi connectivity index (χ1n) is 8.70. The van der Waals surface area contributed by atoms with Crippen LogP contribution in [0.15, 0.2) is 42.5 Å². The van der Waals surface area contributed by atoms with E-state index < -0.39 is 11.7 Å². The molecule has 138 valence electrons. The van der Waals surface area contributed by atoms with Gasteiger partial charge >= 0.3 is 6.18 Å². The Labute approximate surface area is 154 Å². The van der Waals surface area contributed by atoms with Gasteiger partial charge in [-0.2, -0.15) is 18.4 Å². The summed E-state index contributed by atoms with van der Waals surface area (Å²) in [6, 6.07) is 12.8. The Morgan fingerprint density at radius 3 is 2.67 bits per heavy atom. The van der Waals surface area contributed by atoms with Crippen molar-refractivity contribution in [3.63, 3.8) is 0 Å². The molecule has 1 fully saturated rings. The van der Waals surface area contributed by atoms with Crippen LogP contribution < -0.4 is 0 Å². The van der Waals surface area contributed by atoms with E-state index in [9.17, 15) is 13.2 Å². The van der Waals surface area contributed by atoms with Crippen LogP contribution in [0.3, 0.4) is 0 Å². The molecule has 0 saturated carbocycles. The van der Waals surface area contributed by atoms with Crippen LogP contribution in [0.1, 0.15) is 34.9 Å². The van der Waals surface area contributed by atoms with Crippen molar-refractivity contribution in [2.45, 2.75) is 25.1 Å². The topological polar surface area (TPSA) is 55.7 Å². The molecule has 1 N–H and O–H groups in total. The molecule has 1 aliphatic rings. The lowest BCUT2D eigenvalue weighted by molar-refractivity contribution is -0.137. The zero-order valence-electron chi connectivity index (χ0n) is 14.4. The predicted octanol–water partition coefficient (Wildman–Crippen LogP) is 4.44. The molecule has 2 heterocycles. The Morgan fingerprint density at radius 1 is 1.19 bits per heavy atom.